The van der Waals surface area contributed by atoms with Gasteiger partial charge >= 0.3 is 0 Å². The lowest BCUT2D eigenvalue weighted by molar-refractivity contribution is 0.189. The molecule has 1 aromatic heterocycles. The molecule has 0 atom stereocenters. The Hall–Kier alpha value is -1.48. The lowest BCUT2D eigenvalue weighted by atomic mass is 10.0. The Morgan fingerprint density at radius 1 is 1.13 bits per heavy atom. The molecule has 1 aliphatic heterocycles. The highest BCUT2D eigenvalue weighted by molar-refractivity contribution is 5.84. The van der Waals surface area contributed by atoms with Gasteiger partial charge in [0, 0.05) is 47.5 Å². The fourth-order valence-electron chi connectivity index (χ4n) is 3.73. The minimum Gasteiger partial charge on any atom is -0.380 e. The zero-order valence-corrected chi connectivity index (χ0v) is 15.1. The number of nitrogens with one attached hydrogen (secondary N) is 1. The standard InChI is InChI=1S/C20H31N3/c1-5-11-22-12-9-18(10-13-22)23-14-8-16-15-17(6-7-19(16)23)21-20(2,3)4/h6-8,14-15,18,21H,5,9-13H2,1-4H3. The predicted octanol–water partition coefficient (Wildman–Crippen LogP) is 4.90. The SMILES string of the molecule is CCCN1CCC(n2ccc3cc(NC(C)(C)C)ccc32)CC1. The van der Waals surface area contributed by atoms with Crippen LogP contribution in [0.15, 0.2) is 30.5 Å². The quantitative estimate of drug-likeness (QED) is 0.866. The summed E-state index contributed by atoms with van der Waals surface area (Å²) < 4.78 is 2.50. The van der Waals surface area contributed by atoms with Crippen molar-refractivity contribution in [1.82, 2.24) is 9.47 Å². The van der Waals surface area contributed by atoms with Gasteiger partial charge < -0.3 is 14.8 Å². The van der Waals surface area contributed by atoms with Gasteiger partial charge in [-0.15, -0.1) is 0 Å². The molecule has 0 bridgehead atoms. The van der Waals surface area contributed by atoms with E-state index in [0.29, 0.717) is 6.04 Å². The first-order chi connectivity index (χ1) is 11.0. The van der Waals surface area contributed by atoms with Gasteiger partial charge in [0.1, 0.15) is 0 Å². The molecular formula is C20H31N3. The first kappa shape index (κ1) is 16.4. The molecule has 3 heteroatoms. The van der Waals surface area contributed by atoms with Gasteiger partial charge in [-0.25, -0.2) is 0 Å². The molecule has 1 aromatic carbocycles. The van der Waals surface area contributed by atoms with Gasteiger partial charge in [-0.3, -0.25) is 0 Å². The Bertz CT molecular complexity index is 642. The predicted molar refractivity (Wildman–Crippen MR) is 100 cm³/mol. The number of hydrogen-bond donors (Lipinski definition) is 1. The van der Waals surface area contributed by atoms with E-state index in [0.717, 1.165) is 0 Å². The molecule has 2 aromatic rings. The number of hydrogen-bond acceptors (Lipinski definition) is 2. The van der Waals surface area contributed by atoms with Crippen molar-refractivity contribution in [1.29, 1.82) is 0 Å². The molecule has 0 aliphatic carbocycles. The van der Waals surface area contributed by atoms with Crippen molar-refractivity contribution in [2.75, 3.05) is 25.0 Å². The average molecular weight is 313 g/mol. The van der Waals surface area contributed by atoms with E-state index in [1.165, 1.54) is 55.5 Å². The van der Waals surface area contributed by atoms with Gasteiger partial charge in [0.2, 0.25) is 0 Å². The van der Waals surface area contributed by atoms with E-state index in [-0.39, 0.29) is 5.54 Å². The summed E-state index contributed by atoms with van der Waals surface area (Å²) in [6.45, 7) is 12.6. The number of nitrogens with zero attached hydrogens (tertiary/aromatic N) is 2. The smallest absolute Gasteiger partial charge is 0.0484 e. The summed E-state index contributed by atoms with van der Waals surface area (Å²) in [5.41, 5.74) is 2.68. The van der Waals surface area contributed by atoms with Crippen molar-refractivity contribution in [3.8, 4) is 0 Å². The number of likely N-dealkylation sites (tertiary alicyclic amines) is 1. The van der Waals surface area contributed by atoms with Gasteiger partial charge in [0.05, 0.1) is 0 Å². The molecule has 0 spiro atoms. The molecule has 0 saturated carbocycles. The fraction of sp³-hybridized carbons (Fsp3) is 0.600. The van der Waals surface area contributed by atoms with E-state index in [9.17, 15) is 0 Å². The molecule has 1 N–H and O–H groups in total. The van der Waals surface area contributed by atoms with Gasteiger partial charge in [0.25, 0.3) is 0 Å². The number of aromatic nitrogens is 1. The van der Waals surface area contributed by atoms with Crippen LogP contribution in [-0.2, 0) is 0 Å². The summed E-state index contributed by atoms with van der Waals surface area (Å²) in [4.78, 5) is 2.60. The van der Waals surface area contributed by atoms with Crippen LogP contribution in [0.1, 0.15) is 53.0 Å². The number of rotatable bonds is 4. The summed E-state index contributed by atoms with van der Waals surface area (Å²) in [6, 6.07) is 9.70. The van der Waals surface area contributed by atoms with Crippen molar-refractivity contribution >= 4 is 16.6 Å². The Kier molecular flexibility index (Phi) is 4.67. The van der Waals surface area contributed by atoms with E-state index in [4.69, 9.17) is 0 Å². The monoisotopic (exact) mass is 313 g/mol. The number of benzene rings is 1. The van der Waals surface area contributed by atoms with Crippen LogP contribution >= 0.6 is 0 Å². The van der Waals surface area contributed by atoms with Crippen molar-refractivity contribution in [3.63, 3.8) is 0 Å². The van der Waals surface area contributed by atoms with Gasteiger partial charge in [-0.05, 0) is 70.8 Å². The van der Waals surface area contributed by atoms with Crippen LogP contribution in [0, 0.1) is 0 Å². The van der Waals surface area contributed by atoms with E-state index in [2.05, 4.69) is 72.9 Å². The van der Waals surface area contributed by atoms with Gasteiger partial charge in [0.15, 0.2) is 0 Å². The zero-order valence-electron chi connectivity index (χ0n) is 15.1. The van der Waals surface area contributed by atoms with Crippen LogP contribution in [0.2, 0.25) is 0 Å². The molecule has 3 nitrogen and oxygen atoms in total. The molecule has 2 heterocycles. The third-order valence-corrected chi connectivity index (χ3v) is 4.73. The third-order valence-electron chi connectivity index (χ3n) is 4.73. The molecule has 1 saturated heterocycles. The number of piperidine rings is 1. The highest BCUT2D eigenvalue weighted by atomic mass is 15.1. The summed E-state index contributed by atoms with van der Waals surface area (Å²) in [7, 11) is 0. The maximum absolute atomic E-state index is 3.57. The Balaban J connectivity index is 1.75. The van der Waals surface area contributed by atoms with Crippen LogP contribution in [0.5, 0.6) is 0 Å². The second-order valence-electron chi connectivity index (χ2n) is 7.94. The van der Waals surface area contributed by atoms with E-state index < -0.39 is 0 Å². The second kappa shape index (κ2) is 6.56. The number of anilines is 1. The second-order valence-corrected chi connectivity index (χ2v) is 7.94. The largest absolute Gasteiger partial charge is 0.380 e. The molecule has 1 fully saturated rings. The van der Waals surface area contributed by atoms with Crippen LogP contribution in [0.4, 0.5) is 5.69 Å². The lowest BCUT2D eigenvalue weighted by Crippen LogP contribution is -2.34. The highest BCUT2D eigenvalue weighted by Gasteiger charge is 2.21. The van der Waals surface area contributed by atoms with E-state index in [1.54, 1.807) is 0 Å². The van der Waals surface area contributed by atoms with Crippen molar-refractivity contribution < 1.29 is 0 Å². The Labute approximate surface area is 140 Å². The summed E-state index contributed by atoms with van der Waals surface area (Å²) in [6.07, 6.45) is 6.09. The Morgan fingerprint density at radius 3 is 2.52 bits per heavy atom. The molecule has 0 unspecified atom stereocenters. The lowest BCUT2D eigenvalue weighted by Gasteiger charge is -2.33. The zero-order chi connectivity index (χ0) is 16.4. The van der Waals surface area contributed by atoms with Crippen molar-refractivity contribution in [2.45, 2.75) is 58.5 Å². The maximum atomic E-state index is 3.57. The fourth-order valence-corrected chi connectivity index (χ4v) is 3.73. The third kappa shape index (κ3) is 3.89. The topological polar surface area (TPSA) is 20.2 Å². The minimum atomic E-state index is 0.0996. The Morgan fingerprint density at radius 2 is 1.87 bits per heavy atom. The molecule has 23 heavy (non-hydrogen) atoms. The van der Waals surface area contributed by atoms with E-state index >= 15 is 0 Å². The molecule has 0 amide bonds. The van der Waals surface area contributed by atoms with Crippen LogP contribution < -0.4 is 5.32 Å². The van der Waals surface area contributed by atoms with Crippen molar-refractivity contribution in [2.24, 2.45) is 0 Å². The van der Waals surface area contributed by atoms with Gasteiger partial charge in [-0.2, -0.15) is 0 Å². The first-order valence-electron chi connectivity index (χ1n) is 9.07. The molecule has 3 rings (SSSR count). The average Bonchev–Trinajstić information content (AvgIpc) is 2.90. The van der Waals surface area contributed by atoms with Crippen LogP contribution in [0.25, 0.3) is 10.9 Å². The highest BCUT2D eigenvalue weighted by Crippen LogP contribution is 2.29. The summed E-state index contributed by atoms with van der Waals surface area (Å²) in [5, 5.41) is 4.91. The minimum absolute atomic E-state index is 0.0996. The number of fused-ring (bicyclic) bond motifs is 1. The molecule has 1 aliphatic rings. The van der Waals surface area contributed by atoms with Crippen LogP contribution in [-0.4, -0.2) is 34.6 Å². The molecule has 126 valence electrons. The van der Waals surface area contributed by atoms with E-state index in [1.807, 2.05) is 0 Å². The first-order valence-corrected chi connectivity index (χ1v) is 9.07. The van der Waals surface area contributed by atoms with Gasteiger partial charge in [-0.1, -0.05) is 6.92 Å². The molecular weight excluding hydrogens is 282 g/mol. The normalized spacial score (nSPS) is 17.7. The van der Waals surface area contributed by atoms with Crippen LogP contribution in [0.3, 0.4) is 0 Å². The summed E-state index contributed by atoms with van der Waals surface area (Å²) >= 11 is 0. The van der Waals surface area contributed by atoms with Crippen molar-refractivity contribution in [3.05, 3.63) is 30.5 Å². The maximum Gasteiger partial charge on any atom is 0.0484 e. The molecule has 0 radical (unpaired) electrons. The summed E-state index contributed by atoms with van der Waals surface area (Å²) in [5.74, 6) is 0.